The summed E-state index contributed by atoms with van der Waals surface area (Å²) in [6, 6.07) is 15.1. The Morgan fingerprint density at radius 1 is 1.07 bits per heavy atom. The lowest BCUT2D eigenvalue weighted by molar-refractivity contribution is -0.384. The van der Waals surface area contributed by atoms with Crippen LogP contribution in [0.1, 0.15) is 10.4 Å². The van der Waals surface area contributed by atoms with Crippen LogP contribution in [0.3, 0.4) is 0 Å². The first-order chi connectivity index (χ1) is 13.0. The minimum atomic E-state index is -0.819. The zero-order valence-electron chi connectivity index (χ0n) is 13.8. The van der Waals surface area contributed by atoms with E-state index in [4.69, 9.17) is 4.74 Å². The number of esters is 1. The smallest absolute Gasteiger partial charge is 0.339 e. The van der Waals surface area contributed by atoms with Crippen molar-refractivity contribution in [2.45, 2.75) is 0 Å². The Morgan fingerprint density at radius 3 is 2.59 bits per heavy atom. The molecule has 0 unspecified atom stereocenters. The van der Waals surface area contributed by atoms with Crippen LogP contribution in [0.25, 0.3) is 10.8 Å². The molecule has 0 spiro atoms. The maximum absolute atomic E-state index is 13.1. The van der Waals surface area contributed by atoms with E-state index in [2.05, 4.69) is 5.32 Å². The Bertz CT molecular complexity index is 1050. The molecule has 3 aromatic carbocycles. The quantitative estimate of drug-likeness (QED) is 0.421. The molecular weight excluding hydrogens is 355 g/mol. The Morgan fingerprint density at radius 2 is 1.81 bits per heavy atom. The standard InChI is InChI=1S/C19H13FN2O5/c20-13-8-9-16(17(10-13)22(25)26)21-18(23)11-27-19(24)15-7-3-5-12-4-1-2-6-14(12)15/h1-10H,11H2,(H,21,23). The molecule has 1 amide bonds. The molecule has 0 saturated heterocycles. The third-order valence-electron chi connectivity index (χ3n) is 3.77. The van der Waals surface area contributed by atoms with Gasteiger partial charge in [0.15, 0.2) is 6.61 Å². The number of fused-ring (bicyclic) bond motifs is 1. The van der Waals surface area contributed by atoms with Crippen molar-refractivity contribution in [2.24, 2.45) is 0 Å². The number of nitro benzene ring substituents is 1. The average molecular weight is 368 g/mol. The van der Waals surface area contributed by atoms with Crippen molar-refractivity contribution in [3.63, 3.8) is 0 Å². The monoisotopic (exact) mass is 368 g/mol. The lowest BCUT2D eigenvalue weighted by atomic mass is 10.1. The van der Waals surface area contributed by atoms with Crippen LogP contribution in [-0.2, 0) is 9.53 Å². The maximum Gasteiger partial charge on any atom is 0.339 e. The number of carbonyl (C=O) groups is 2. The zero-order chi connectivity index (χ0) is 19.4. The molecule has 0 aliphatic heterocycles. The van der Waals surface area contributed by atoms with Crippen LogP contribution >= 0.6 is 0 Å². The van der Waals surface area contributed by atoms with Crippen LogP contribution in [0.5, 0.6) is 0 Å². The van der Waals surface area contributed by atoms with Gasteiger partial charge < -0.3 is 10.1 Å². The molecule has 27 heavy (non-hydrogen) atoms. The lowest BCUT2D eigenvalue weighted by Gasteiger charge is -2.09. The predicted molar refractivity (Wildman–Crippen MR) is 95.9 cm³/mol. The Labute approximate surface area is 152 Å². The molecule has 3 aromatic rings. The van der Waals surface area contributed by atoms with Gasteiger partial charge in [-0.15, -0.1) is 0 Å². The molecule has 0 radical (unpaired) electrons. The number of benzene rings is 3. The van der Waals surface area contributed by atoms with Gasteiger partial charge in [-0.05, 0) is 29.0 Å². The fourth-order valence-corrected chi connectivity index (χ4v) is 2.56. The molecule has 0 heterocycles. The van der Waals surface area contributed by atoms with Crippen molar-refractivity contribution >= 4 is 34.0 Å². The number of nitro groups is 1. The van der Waals surface area contributed by atoms with Gasteiger partial charge in [0.2, 0.25) is 0 Å². The minimum Gasteiger partial charge on any atom is -0.452 e. The zero-order valence-corrected chi connectivity index (χ0v) is 13.8. The molecule has 0 aliphatic carbocycles. The molecular formula is C19H13FN2O5. The Kier molecular flexibility index (Phi) is 5.07. The third-order valence-corrected chi connectivity index (χ3v) is 3.77. The van der Waals surface area contributed by atoms with E-state index in [1.165, 1.54) is 0 Å². The lowest BCUT2D eigenvalue weighted by Crippen LogP contribution is -2.21. The fourth-order valence-electron chi connectivity index (χ4n) is 2.56. The maximum atomic E-state index is 13.1. The number of carbonyl (C=O) groups excluding carboxylic acids is 2. The Hall–Kier alpha value is -3.81. The third kappa shape index (κ3) is 4.06. The molecule has 8 heteroatoms. The average Bonchev–Trinajstić information content (AvgIpc) is 2.67. The number of hydrogen-bond acceptors (Lipinski definition) is 5. The van der Waals surface area contributed by atoms with Gasteiger partial charge in [0.25, 0.3) is 11.6 Å². The summed E-state index contributed by atoms with van der Waals surface area (Å²) in [6.07, 6.45) is 0. The van der Waals surface area contributed by atoms with Gasteiger partial charge >= 0.3 is 5.97 Å². The van der Waals surface area contributed by atoms with Crippen LogP contribution in [0, 0.1) is 15.9 Å². The summed E-state index contributed by atoms with van der Waals surface area (Å²) in [5.74, 6) is -2.28. The second-order valence-corrected chi connectivity index (χ2v) is 5.57. The van der Waals surface area contributed by atoms with E-state index in [9.17, 15) is 24.1 Å². The molecule has 0 fully saturated rings. The highest BCUT2D eigenvalue weighted by atomic mass is 19.1. The number of amides is 1. The van der Waals surface area contributed by atoms with Crippen LogP contribution in [0.4, 0.5) is 15.8 Å². The van der Waals surface area contributed by atoms with Crippen molar-refractivity contribution in [1.82, 2.24) is 0 Å². The molecule has 3 rings (SSSR count). The van der Waals surface area contributed by atoms with Crippen molar-refractivity contribution in [1.29, 1.82) is 0 Å². The highest BCUT2D eigenvalue weighted by Crippen LogP contribution is 2.25. The highest BCUT2D eigenvalue weighted by Gasteiger charge is 2.18. The predicted octanol–water partition coefficient (Wildman–Crippen LogP) is 3.68. The number of ether oxygens (including phenoxy) is 1. The normalized spacial score (nSPS) is 10.4. The summed E-state index contributed by atoms with van der Waals surface area (Å²) in [6.45, 7) is -0.642. The van der Waals surface area contributed by atoms with Crippen LogP contribution in [0.15, 0.2) is 60.7 Å². The topological polar surface area (TPSA) is 98.5 Å². The summed E-state index contributed by atoms with van der Waals surface area (Å²) in [4.78, 5) is 34.4. The number of nitrogens with one attached hydrogen (secondary N) is 1. The van der Waals surface area contributed by atoms with Crippen molar-refractivity contribution in [3.8, 4) is 0 Å². The summed E-state index contributed by atoms with van der Waals surface area (Å²) in [5, 5.41) is 14.7. The molecule has 0 bridgehead atoms. The SMILES string of the molecule is O=C(COC(=O)c1cccc2ccccc12)Nc1ccc(F)cc1[N+](=O)[O-]. The summed E-state index contributed by atoms with van der Waals surface area (Å²) in [5.41, 5.74) is -0.481. The first-order valence-electron chi connectivity index (χ1n) is 7.84. The molecule has 1 N–H and O–H groups in total. The van der Waals surface area contributed by atoms with E-state index in [0.29, 0.717) is 17.0 Å². The van der Waals surface area contributed by atoms with Crippen molar-refractivity contribution in [2.75, 3.05) is 11.9 Å². The van der Waals surface area contributed by atoms with E-state index in [-0.39, 0.29) is 5.69 Å². The highest BCUT2D eigenvalue weighted by molar-refractivity contribution is 6.05. The molecule has 0 atom stereocenters. The van der Waals surface area contributed by atoms with E-state index < -0.39 is 34.9 Å². The van der Waals surface area contributed by atoms with Crippen LogP contribution in [-0.4, -0.2) is 23.4 Å². The van der Waals surface area contributed by atoms with E-state index >= 15 is 0 Å². The fraction of sp³-hybridized carbons (Fsp3) is 0.0526. The van der Waals surface area contributed by atoms with Crippen molar-refractivity contribution < 1.29 is 23.6 Å². The van der Waals surface area contributed by atoms with E-state index in [0.717, 1.165) is 17.5 Å². The van der Waals surface area contributed by atoms with Gasteiger partial charge in [-0.3, -0.25) is 14.9 Å². The van der Waals surface area contributed by atoms with E-state index in [1.54, 1.807) is 24.3 Å². The molecule has 0 saturated carbocycles. The number of hydrogen-bond donors (Lipinski definition) is 1. The summed E-state index contributed by atoms with van der Waals surface area (Å²) in [7, 11) is 0. The first kappa shape index (κ1) is 18.0. The molecule has 0 aliphatic rings. The second kappa shape index (κ2) is 7.61. The van der Waals surface area contributed by atoms with Gasteiger partial charge in [-0.1, -0.05) is 36.4 Å². The summed E-state index contributed by atoms with van der Waals surface area (Å²) >= 11 is 0. The largest absolute Gasteiger partial charge is 0.452 e. The number of anilines is 1. The number of halogens is 1. The van der Waals surface area contributed by atoms with Crippen LogP contribution < -0.4 is 5.32 Å². The second-order valence-electron chi connectivity index (χ2n) is 5.57. The van der Waals surface area contributed by atoms with Crippen molar-refractivity contribution in [3.05, 3.63) is 82.2 Å². The van der Waals surface area contributed by atoms with Gasteiger partial charge in [-0.2, -0.15) is 0 Å². The van der Waals surface area contributed by atoms with Gasteiger partial charge in [0.1, 0.15) is 11.5 Å². The first-order valence-corrected chi connectivity index (χ1v) is 7.84. The van der Waals surface area contributed by atoms with Crippen LogP contribution in [0.2, 0.25) is 0 Å². The van der Waals surface area contributed by atoms with Gasteiger partial charge in [0, 0.05) is 0 Å². The molecule has 7 nitrogen and oxygen atoms in total. The molecule has 0 aromatic heterocycles. The van der Waals surface area contributed by atoms with Gasteiger partial charge in [0.05, 0.1) is 16.6 Å². The number of nitrogens with zero attached hydrogens (tertiary/aromatic N) is 1. The van der Waals surface area contributed by atoms with Gasteiger partial charge in [-0.25, -0.2) is 9.18 Å². The Balaban J connectivity index is 1.69. The summed E-state index contributed by atoms with van der Waals surface area (Å²) < 4.78 is 18.1. The van der Waals surface area contributed by atoms with E-state index in [1.807, 2.05) is 18.2 Å². The molecule has 136 valence electrons. The number of rotatable bonds is 5. The minimum absolute atomic E-state index is 0.187.